The van der Waals surface area contributed by atoms with Gasteiger partial charge in [-0.1, -0.05) is 18.2 Å². The van der Waals surface area contributed by atoms with Gasteiger partial charge in [0.1, 0.15) is 5.75 Å². The van der Waals surface area contributed by atoms with Gasteiger partial charge in [-0.15, -0.1) is 0 Å². The molecule has 2 N–H and O–H groups in total. The number of hydrogen-bond acceptors (Lipinski definition) is 4. The van der Waals surface area contributed by atoms with Gasteiger partial charge in [-0.25, -0.2) is 0 Å². The minimum absolute atomic E-state index is 0.160. The summed E-state index contributed by atoms with van der Waals surface area (Å²) in [6.45, 7) is 4.91. The molecule has 1 unspecified atom stereocenters. The number of aliphatic hydroxyl groups is 1. The van der Waals surface area contributed by atoms with Gasteiger partial charge in [-0.3, -0.25) is 4.90 Å². The van der Waals surface area contributed by atoms with Gasteiger partial charge < -0.3 is 15.2 Å². The van der Waals surface area contributed by atoms with Crippen molar-refractivity contribution in [2.45, 2.75) is 18.4 Å². The minimum Gasteiger partial charge on any atom is -0.493 e. The number of aliphatic hydroxyl groups excluding tert-OH is 1. The molecule has 2 heterocycles. The second-order valence-electron chi connectivity index (χ2n) is 5.37. The highest BCUT2D eigenvalue weighted by Gasteiger charge is 2.42. The zero-order valence-electron chi connectivity index (χ0n) is 11.3. The van der Waals surface area contributed by atoms with E-state index in [-0.39, 0.29) is 12.1 Å². The van der Waals surface area contributed by atoms with Crippen molar-refractivity contribution in [1.29, 1.82) is 0 Å². The van der Waals surface area contributed by atoms with Gasteiger partial charge in [0.25, 0.3) is 0 Å². The molecule has 0 bridgehead atoms. The fraction of sp³-hybridized carbons (Fsp3) is 0.600. The van der Waals surface area contributed by atoms with Crippen LogP contribution >= 0.6 is 0 Å². The molecule has 1 atom stereocenters. The summed E-state index contributed by atoms with van der Waals surface area (Å²) in [5, 5.41) is 13.5. The van der Waals surface area contributed by atoms with Gasteiger partial charge in [-0.05, 0) is 19.0 Å². The van der Waals surface area contributed by atoms with Crippen molar-refractivity contribution in [1.82, 2.24) is 10.2 Å². The molecular formula is C15H22N2O2. The Bertz CT molecular complexity index is 430. The van der Waals surface area contributed by atoms with Gasteiger partial charge in [0.15, 0.2) is 0 Å². The predicted octanol–water partition coefficient (Wildman–Crippen LogP) is 0.952. The smallest absolute Gasteiger partial charge is 0.124 e. The number of hydrogen-bond donors (Lipinski definition) is 2. The average Bonchev–Trinajstić information content (AvgIpc) is 2.76. The van der Waals surface area contributed by atoms with Gasteiger partial charge in [0, 0.05) is 31.6 Å². The highest BCUT2D eigenvalue weighted by molar-refractivity contribution is 5.41. The Balaban J connectivity index is 1.98. The molecule has 4 heteroatoms. The molecule has 2 aliphatic heterocycles. The van der Waals surface area contributed by atoms with Crippen LogP contribution in [0.3, 0.4) is 0 Å². The first-order valence-electron chi connectivity index (χ1n) is 7.16. The monoisotopic (exact) mass is 262 g/mol. The average molecular weight is 262 g/mol. The van der Waals surface area contributed by atoms with E-state index in [1.54, 1.807) is 0 Å². The molecule has 1 fully saturated rings. The van der Waals surface area contributed by atoms with Crippen molar-refractivity contribution < 1.29 is 9.84 Å². The summed E-state index contributed by atoms with van der Waals surface area (Å²) in [7, 11) is 0. The Morgan fingerprint density at radius 3 is 3.05 bits per heavy atom. The van der Waals surface area contributed by atoms with Crippen LogP contribution in [0.5, 0.6) is 5.75 Å². The first-order chi connectivity index (χ1) is 9.37. The van der Waals surface area contributed by atoms with E-state index in [0.29, 0.717) is 6.61 Å². The van der Waals surface area contributed by atoms with E-state index < -0.39 is 0 Å². The van der Waals surface area contributed by atoms with Crippen LogP contribution in [-0.2, 0) is 5.54 Å². The summed E-state index contributed by atoms with van der Waals surface area (Å²) in [4.78, 5) is 2.44. The van der Waals surface area contributed by atoms with Crippen LogP contribution < -0.4 is 10.1 Å². The number of rotatable bonds is 2. The Morgan fingerprint density at radius 1 is 1.26 bits per heavy atom. The molecule has 0 saturated carbocycles. The molecule has 104 valence electrons. The van der Waals surface area contributed by atoms with Gasteiger partial charge >= 0.3 is 0 Å². The quantitative estimate of drug-likeness (QED) is 0.833. The fourth-order valence-corrected chi connectivity index (χ4v) is 3.31. The summed E-state index contributed by atoms with van der Waals surface area (Å²) < 4.78 is 5.75. The molecule has 19 heavy (non-hydrogen) atoms. The predicted molar refractivity (Wildman–Crippen MR) is 74.4 cm³/mol. The van der Waals surface area contributed by atoms with Crippen molar-refractivity contribution in [2.75, 3.05) is 39.4 Å². The van der Waals surface area contributed by atoms with Crippen molar-refractivity contribution in [3.63, 3.8) is 0 Å². The highest BCUT2D eigenvalue weighted by atomic mass is 16.5. The topological polar surface area (TPSA) is 44.7 Å². The van der Waals surface area contributed by atoms with Gasteiger partial charge in [-0.2, -0.15) is 0 Å². The number of nitrogens with zero attached hydrogens (tertiary/aromatic N) is 1. The van der Waals surface area contributed by atoms with Crippen LogP contribution in [0.2, 0.25) is 0 Å². The molecule has 0 aliphatic carbocycles. The largest absolute Gasteiger partial charge is 0.493 e. The van der Waals surface area contributed by atoms with E-state index in [4.69, 9.17) is 4.74 Å². The molecular weight excluding hydrogens is 240 g/mol. The number of nitrogens with one attached hydrogen (secondary N) is 1. The molecule has 0 amide bonds. The molecule has 0 spiro atoms. The molecule has 1 aromatic carbocycles. The second-order valence-corrected chi connectivity index (χ2v) is 5.37. The number of fused-ring (bicyclic) bond motifs is 1. The summed E-state index contributed by atoms with van der Waals surface area (Å²) >= 11 is 0. The number of ether oxygens (including phenoxy) is 1. The molecule has 2 aliphatic rings. The first kappa shape index (κ1) is 12.9. The second kappa shape index (κ2) is 5.49. The maximum Gasteiger partial charge on any atom is 0.124 e. The van der Waals surface area contributed by atoms with E-state index in [1.165, 1.54) is 0 Å². The highest BCUT2D eigenvalue weighted by Crippen LogP contribution is 2.41. The fourth-order valence-electron chi connectivity index (χ4n) is 3.31. The number of para-hydroxylation sites is 1. The molecule has 0 aromatic heterocycles. The summed E-state index contributed by atoms with van der Waals surface area (Å²) in [6.07, 6.45) is 1.99. The zero-order chi connectivity index (χ0) is 13.1. The van der Waals surface area contributed by atoms with E-state index in [0.717, 1.165) is 50.3 Å². The minimum atomic E-state index is -0.263. The van der Waals surface area contributed by atoms with Crippen LogP contribution in [0.15, 0.2) is 24.3 Å². The SMILES string of the molecule is OCC1(N2CCCNCC2)CCOc2ccccc21. The Kier molecular flexibility index (Phi) is 3.73. The van der Waals surface area contributed by atoms with E-state index in [2.05, 4.69) is 16.3 Å². The lowest BCUT2D eigenvalue weighted by Crippen LogP contribution is -2.52. The standard InChI is InChI=1S/C15H22N2O2/c18-12-15(17-9-3-7-16-8-10-17)6-11-19-14-5-2-1-4-13(14)15/h1-2,4-5,16,18H,3,6-12H2. The number of benzene rings is 1. The van der Waals surface area contributed by atoms with Crippen LogP contribution in [0.25, 0.3) is 0 Å². The normalized spacial score (nSPS) is 28.3. The Labute approximate surface area is 114 Å². The van der Waals surface area contributed by atoms with Crippen LogP contribution in [0, 0.1) is 0 Å². The molecule has 0 radical (unpaired) electrons. The lowest BCUT2D eigenvalue weighted by atomic mass is 9.83. The lowest BCUT2D eigenvalue weighted by Gasteiger charge is -2.45. The van der Waals surface area contributed by atoms with Crippen molar-refractivity contribution in [3.05, 3.63) is 29.8 Å². The van der Waals surface area contributed by atoms with E-state index in [1.807, 2.05) is 18.2 Å². The van der Waals surface area contributed by atoms with Gasteiger partial charge in [0.2, 0.25) is 0 Å². The summed E-state index contributed by atoms with van der Waals surface area (Å²) in [5.41, 5.74) is 0.881. The molecule has 1 saturated heterocycles. The maximum atomic E-state index is 10.1. The lowest BCUT2D eigenvalue weighted by molar-refractivity contribution is -0.00113. The summed E-state index contributed by atoms with van der Waals surface area (Å²) in [6, 6.07) is 8.14. The molecule has 3 rings (SSSR count). The van der Waals surface area contributed by atoms with Crippen LogP contribution in [-0.4, -0.2) is 49.4 Å². The maximum absolute atomic E-state index is 10.1. The third-order valence-electron chi connectivity index (χ3n) is 4.37. The first-order valence-corrected chi connectivity index (χ1v) is 7.16. The third kappa shape index (κ3) is 2.24. The third-order valence-corrected chi connectivity index (χ3v) is 4.37. The Hall–Kier alpha value is -1.10. The molecule has 1 aromatic rings. The molecule has 4 nitrogen and oxygen atoms in total. The van der Waals surface area contributed by atoms with Crippen molar-refractivity contribution in [3.8, 4) is 5.75 Å². The van der Waals surface area contributed by atoms with Crippen molar-refractivity contribution in [2.24, 2.45) is 0 Å². The Morgan fingerprint density at radius 2 is 2.16 bits per heavy atom. The van der Waals surface area contributed by atoms with Crippen molar-refractivity contribution >= 4 is 0 Å². The van der Waals surface area contributed by atoms with Crippen LogP contribution in [0.1, 0.15) is 18.4 Å². The van der Waals surface area contributed by atoms with Gasteiger partial charge in [0.05, 0.1) is 18.8 Å². The van der Waals surface area contributed by atoms with Crippen LogP contribution in [0.4, 0.5) is 0 Å². The zero-order valence-corrected chi connectivity index (χ0v) is 11.3. The van der Waals surface area contributed by atoms with E-state index in [9.17, 15) is 5.11 Å². The summed E-state index contributed by atoms with van der Waals surface area (Å²) in [5.74, 6) is 0.931. The van der Waals surface area contributed by atoms with E-state index >= 15 is 0 Å².